The lowest BCUT2D eigenvalue weighted by Gasteiger charge is -1.90. The lowest BCUT2D eigenvalue weighted by atomic mass is 10.2. The molecule has 1 rings (SSSR count). The van der Waals surface area contributed by atoms with Crippen molar-refractivity contribution in [1.82, 2.24) is 0 Å². The maximum Gasteiger partial charge on any atom is 0.0838 e. The highest BCUT2D eigenvalue weighted by atomic mass is 16.6. The van der Waals surface area contributed by atoms with Gasteiger partial charge in [-0.15, -0.1) is 0 Å². The molecule has 2 atom stereocenters. The molecule has 1 aliphatic rings. The first-order valence-electron chi connectivity index (χ1n) is 2.18. The third kappa shape index (κ3) is 0.716. The number of epoxide rings is 1. The Labute approximate surface area is 38.3 Å². The van der Waals surface area contributed by atoms with E-state index in [0.717, 1.165) is 6.61 Å². The van der Waals surface area contributed by atoms with Gasteiger partial charge in [0.25, 0.3) is 0 Å². The number of hydrogen-bond donors (Lipinski definition) is 0. The molecule has 0 aromatic rings. The fraction of sp³-hybridized carbons (Fsp3) is 0.800. The van der Waals surface area contributed by atoms with Crippen LogP contribution in [0.4, 0.5) is 0 Å². The van der Waals surface area contributed by atoms with Gasteiger partial charge in [0, 0.05) is 0 Å². The van der Waals surface area contributed by atoms with Crippen molar-refractivity contribution >= 4 is 0 Å². The molecule has 1 saturated heterocycles. The van der Waals surface area contributed by atoms with E-state index in [1.54, 1.807) is 0 Å². The van der Waals surface area contributed by atoms with E-state index in [1.165, 1.54) is 0 Å². The topological polar surface area (TPSA) is 12.5 Å². The summed E-state index contributed by atoms with van der Waals surface area (Å²) < 4.78 is 4.84. The largest absolute Gasteiger partial charge is 0.373 e. The van der Waals surface area contributed by atoms with Crippen molar-refractivity contribution in [3.8, 4) is 0 Å². The van der Waals surface area contributed by atoms with Crippen molar-refractivity contribution < 1.29 is 4.74 Å². The third-order valence-electron chi connectivity index (χ3n) is 0.946. The second-order valence-electron chi connectivity index (χ2n) is 1.73. The van der Waals surface area contributed by atoms with Crippen molar-refractivity contribution in [3.63, 3.8) is 0 Å². The predicted octanol–water partition coefficient (Wildman–Crippen LogP) is 0.732. The molecule has 1 nitrogen and oxygen atoms in total. The van der Waals surface area contributed by atoms with E-state index in [-0.39, 0.29) is 5.92 Å². The summed E-state index contributed by atoms with van der Waals surface area (Å²) in [5.41, 5.74) is 0. The van der Waals surface area contributed by atoms with Gasteiger partial charge in [0.2, 0.25) is 0 Å². The fourth-order valence-electron chi connectivity index (χ4n) is 0.359. The first-order chi connectivity index (χ1) is 2.80. The SMILES string of the molecule is [CH]C(C)C1CO1. The van der Waals surface area contributed by atoms with Crippen LogP contribution in [-0.4, -0.2) is 12.7 Å². The van der Waals surface area contributed by atoms with E-state index in [4.69, 9.17) is 11.7 Å². The molecule has 0 aromatic carbocycles. The molecule has 0 amide bonds. The second-order valence-corrected chi connectivity index (χ2v) is 1.73. The van der Waals surface area contributed by atoms with E-state index in [2.05, 4.69) is 0 Å². The van der Waals surface area contributed by atoms with Crippen LogP contribution < -0.4 is 0 Å². The summed E-state index contributed by atoms with van der Waals surface area (Å²) in [6, 6.07) is 0. The maximum atomic E-state index is 5.37. The van der Waals surface area contributed by atoms with Crippen molar-refractivity contribution in [3.05, 3.63) is 6.92 Å². The van der Waals surface area contributed by atoms with E-state index < -0.39 is 0 Å². The van der Waals surface area contributed by atoms with Gasteiger partial charge in [-0.2, -0.15) is 0 Å². The highest BCUT2D eigenvalue weighted by molar-refractivity contribution is 4.76. The lowest BCUT2D eigenvalue weighted by Crippen LogP contribution is -1.94. The number of ether oxygens (including phenoxy) is 1. The van der Waals surface area contributed by atoms with Gasteiger partial charge < -0.3 is 4.74 Å². The van der Waals surface area contributed by atoms with Crippen molar-refractivity contribution in [2.45, 2.75) is 13.0 Å². The standard InChI is InChI=1S/C5H8O/c1-4(2)5-3-6-5/h1,4-5H,3H2,2H3. The molecule has 1 aliphatic heterocycles. The summed E-state index contributed by atoms with van der Waals surface area (Å²) in [5.74, 6) is 0.241. The van der Waals surface area contributed by atoms with E-state index in [9.17, 15) is 0 Å². The van der Waals surface area contributed by atoms with E-state index in [0.29, 0.717) is 6.10 Å². The smallest absolute Gasteiger partial charge is 0.0838 e. The van der Waals surface area contributed by atoms with Crippen LogP contribution in [0.5, 0.6) is 0 Å². The molecule has 0 bridgehead atoms. The van der Waals surface area contributed by atoms with Crippen LogP contribution in [0.15, 0.2) is 0 Å². The first kappa shape index (κ1) is 4.13. The molecule has 0 saturated carbocycles. The molecule has 0 spiro atoms. The molecule has 0 aromatic heterocycles. The van der Waals surface area contributed by atoms with Gasteiger partial charge in [-0.3, -0.25) is 0 Å². The lowest BCUT2D eigenvalue weighted by molar-refractivity contribution is 0.370. The number of rotatable bonds is 1. The van der Waals surface area contributed by atoms with E-state index >= 15 is 0 Å². The molecular formula is C5H8O. The summed E-state index contributed by atoms with van der Waals surface area (Å²) in [4.78, 5) is 0. The summed E-state index contributed by atoms with van der Waals surface area (Å²) in [7, 11) is 0. The minimum absolute atomic E-state index is 0.241. The second kappa shape index (κ2) is 1.23. The van der Waals surface area contributed by atoms with Crippen LogP contribution in [0, 0.1) is 12.8 Å². The zero-order valence-electron chi connectivity index (χ0n) is 3.85. The summed E-state index contributed by atoms with van der Waals surface area (Å²) >= 11 is 0. The molecule has 1 fully saturated rings. The molecule has 1 heteroatoms. The van der Waals surface area contributed by atoms with Crippen LogP contribution in [0.3, 0.4) is 0 Å². The average Bonchev–Trinajstić information content (AvgIpc) is 2.06. The molecule has 6 heavy (non-hydrogen) atoms. The zero-order valence-corrected chi connectivity index (χ0v) is 3.85. The Morgan fingerprint density at radius 2 is 2.50 bits per heavy atom. The van der Waals surface area contributed by atoms with Crippen molar-refractivity contribution in [2.75, 3.05) is 6.61 Å². The summed E-state index contributed by atoms with van der Waals surface area (Å²) in [6.45, 7) is 8.20. The molecule has 0 N–H and O–H groups in total. The predicted molar refractivity (Wildman–Crippen MR) is 23.2 cm³/mol. The monoisotopic (exact) mass is 84.1 g/mol. The maximum absolute atomic E-state index is 5.37. The quantitative estimate of drug-likeness (QED) is 0.427. The van der Waals surface area contributed by atoms with Gasteiger partial charge in [-0.25, -0.2) is 0 Å². The van der Waals surface area contributed by atoms with Gasteiger partial charge in [-0.05, 0) is 12.8 Å². The Kier molecular flexibility index (Phi) is 0.845. The van der Waals surface area contributed by atoms with Crippen LogP contribution in [0.2, 0.25) is 0 Å². The molecular weight excluding hydrogens is 76.1 g/mol. The van der Waals surface area contributed by atoms with Gasteiger partial charge in [0.15, 0.2) is 0 Å². The minimum Gasteiger partial charge on any atom is -0.373 e. The van der Waals surface area contributed by atoms with Gasteiger partial charge in [-0.1, -0.05) is 6.92 Å². The Morgan fingerprint density at radius 1 is 2.00 bits per heavy atom. The van der Waals surface area contributed by atoms with Crippen LogP contribution in [-0.2, 0) is 4.74 Å². The number of hydrogen-bond acceptors (Lipinski definition) is 1. The molecule has 34 valence electrons. The highest BCUT2D eigenvalue weighted by Gasteiger charge is 2.25. The van der Waals surface area contributed by atoms with Crippen LogP contribution in [0.1, 0.15) is 6.92 Å². The molecule has 1 heterocycles. The Bertz CT molecular complexity index is 45.9. The Morgan fingerprint density at radius 3 is 2.50 bits per heavy atom. The molecule has 2 radical (unpaired) electrons. The van der Waals surface area contributed by atoms with E-state index in [1.807, 2.05) is 6.92 Å². The fourth-order valence-corrected chi connectivity index (χ4v) is 0.359. The average molecular weight is 84.1 g/mol. The summed E-state index contributed by atoms with van der Waals surface area (Å²) in [6.07, 6.45) is 0.380. The minimum atomic E-state index is 0.241. The van der Waals surface area contributed by atoms with Gasteiger partial charge in [0.1, 0.15) is 0 Å². The highest BCUT2D eigenvalue weighted by Crippen LogP contribution is 2.17. The van der Waals surface area contributed by atoms with Crippen molar-refractivity contribution in [1.29, 1.82) is 0 Å². The first-order valence-corrected chi connectivity index (χ1v) is 2.18. The molecule has 0 aliphatic carbocycles. The van der Waals surface area contributed by atoms with Gasteiger partial charge in [0.05, 0.1) is 12.7 Å². The van der Waals surface area contributed by atoms with Crippen molar-refractivity contribution in [2.24, 2.45) is 5.92 Å². The normalized spacial score (nSPS) is 31.5. The van der Waals surface area contributed by atoms with Crippen LogP contribution >= 0.6 is 0 Å². The zero-order chi connectivity index (χ0) is 4.57. The molecule has 2 unspecified atom stereocenters. The van der Waals surface area contributed by atoms with Gasteiger partial charge >= 0.3 is 0 Å². The third-order valence-corrected chi connectivity index (χ3v) is 0.946. The van der Waals surface area contributed by atoms with Crippen LogP contribution in [0.25, 0.3) is 0 Å². The Balaban J connectivity index is 2.13. The Hall–Kier alpha value is -0.0400. The summed E-state index contributed by atoms with van der Waals surface area (Å²) in [5, 5.41) is 0.